The highest BCUT2D eigenvalue weighted by Gasteiger charge is 2.41. The number of hydrogen-bond acceptors (Lipinski definition) is 4. The molecule has 3 atom stereocenters. The largest absolute Gasteiger partial charge is 0.459 e. The smallest absolute Gasteiger partial charge is 0.337 e. The second-order valence-electron chi connectivity index (χ2n) is 7.19. The maximum atomic E-state index is 11.9. The van der Waals surface area contributed by atoms with Gasteiger partial charge < -0.3 is 4.74 Å². The fraction of sp³-hybridized carbons (Fsp3) is 0.526. The number of nitro groups is 1. The van der Waals surface area contributed by atoms with E-state index in [9.17, 15) is 14.9 Å². The van der Waals surface area contributed by atoms with Gasteiger partial charge >= 0.3 is 5.97 Å². The van der Waals surface area contributed by atoms with Crippen molar-refractivity contribution in [2.75, 3.05) is 0 Å². The van der Waals surface area contributed by atoms with E-state index in [4.69, 9.17) is 4.74 Å². The minimum atomic E-state index is -0.657. The van der Waals surface area contributed by atoms with Gasteiger partial charge in [0.05, 0.1) is 11.0 Å². The first-order valence-corrected chi connectivity index (χ1v) is 8.38. The molecule has 1 aromatic carbocycles. The predicted octanol–water partition coefficient (Wildman–Crippen LogP) is 4.10. The maximum absolute atomic E-state index is 11.9. The van der Waals surface area contributed by atoms with E-state index < -0.39 is 10.9 Å². The first-order chi connectivity index (χ1) is 11.3. The van der Waals surface area contributed by atoms with Crippen molar-refractivity contribution in [2.24, 2.45) is 11.8 Å². The van der Waals surface area contributed by atoms with Crippen LogP contribution in [0.4, 0.5) is 0 Å². The Labute approximate surface area is 142 Å². The molecule has 5 heteroatoms. The van der Waals surface area contributed by atoms with Crippen LogP contribution >= 0.6 is 0 Å². The van der Waals surface area contributed by atoms with Crippen LogP contribution in [-0.2, 0) is 14.9 Å². The number of nitrogens with zero attached hydrogens (tertiary/aromatic N) is 1. The number of carbonyl (C=O) groups is 1. The minimum Gasteiger partial charge on any atom is -0.459 e. The third-order valence-corrected chi connectivity index (χ3v) is 5.10. The van der Waals surface area contributed by atoms with Crippen molar-refractivity contribution in [2.45, 2.75) is 51.6 Å². The Morgan fingerprint density at radius 3 is 2.58 bits per heavy atom. The minimum absolute atomic E-state index is 0.140. The second-order valence-corrected chi connectivity index (χ2v) is 7.19. The lowest BCUT2D eigenvalue weighted by Crippen LogP contribution is -2.43. The van der Waals surface area contributed by atoms with Gasteiger partial charge in [-0.1, -0.05) is 57.5 Å². The zero-order valence-corrected chi connectivity index (χ0v) is 14.5. The van der Waals surface area contributed by atoms with Crippen molar-refractivity contribution in [3.63, 3.8) is 0 Å². The number of hydrogen-bond donors (Lipinski definition) is 0. The molecule has 0 N–H and O–H groups in total. The molecule has 2 rings (SSSR count). The summed E-state index contributed by atoms with van der Waals surface area (Å²) >= 11 is 0. The normalized spacial score (nSPS) is 24.7. The molecular formula is C19H25NO4. The molecule has 1 aliphatic rings. The van der Waals surface area contributed by atoms with Crippen molar-refractivity contribution in [3.05, 3.63) is 58.3 Å². The van der Waals surface area contributed by atoms with Crippen LogP contribution < -0.4 is 0 Å². The van der Waals surface area contributed by atoms with E-state index in [2.05, 4.69) is 32.9 Å². The van der Waals surface area contributed by atoms with Gasteiger partial charge in [-0.25, -0.2) is 4.79 Å². The van der Waals surface area contributed by atoms with Gasteiger partial charge in [0.2, 0.25) is 6.20 Å². The number of esters is 1. The third-order valence-electron chi connectivity index (χ3n) is 5.10. The van der Waals surface area contributed by atoms with Crippen LogP contribution in [0.1, 0.15) is 45.6 Å². The highest BCUT2D eigenvalue weighted by atomic mass is 16.6. The van der Waals surface area contributed by atoms with Crippen molar-refractivity contribution < 1.29 is 14.5 Å². The summed E-state index contributed by atoms with van der Waals surface area (Å²) in [5, 5.41) is 10.4. The van der Waals surface area contributed by atoms with E-state index in [0.717, 1.165) is 25.3 Å². The fourth-order valence-corrected chi connectivity index (χ4v) is 3.68. The highest BCUT2D eigenvalue weighted by molar-refractivity contribution is 5.81. The van der Waals surface area contributed by atoms with Gasteiger partial charge in [-0.3, -0.25) is 10.1 Å². The standard InChI is InChI=1S/C19H25NO4/c1-14-9-10-16(19(2,3)15-7-5-4-6-8-15)17(13-14)24-18(21)11-12-20(22)23/h4-8,11-12,14,16-17H,9-10,13H2,1-3H3/b12-11+/t14?,16-,17-/m1/s1. The molecule has 0 bridgehead atoms. The van der Waals surface area contributed by atoms with Gasteiger partial charge in [0.15, 0.2) is 0 Å². The molecule has 0 amide bonds. The Bertz CT molecular complexity index is 609. The number of rotatable bonds is 5. The number of benzene rings is 1. The van der Waals surface area contributed by atoms with Crippen LogP contribution in [0.2, 0.25) is 0 Å². The van der Waals surface area contributed by atoms with E-state index >= 15 is 0 Å². The summed E-state index contributed by atoms with van der Waals surface area (Å²) in [5.41, 5.74) is 1.07. The van der Waals surface area contributed by atoms with Crippen molar-refractivity contribution in [1.29, 1.82) is 0 Å². The number of carbonyl (C=O) groups excluding carboxylic acids is 1. The summed E-state index contributed by atoms with van der Waals surface area (Å²) in [6.07, 6.45) is 4.16. The molecule has 0 spiro atoms. The van der Waals surface area contributed by atoms with Crippen LogP contribution in [0.25, 0.3) is 0 Å². The lowest BCUT2D eigenvalue weighted by molar-refractivity contribution is -0.402. The van der Waals surface area contributed by atoms with Crippen molar-refractivity contribution >= 4 is 5.97 Å². The fourth-order valence-electron chi connectivity index (χ4n) is 3.68. The first-order valence-electron chi connectivity index (χ1n) is 8.38. The molecule has 5 nitrogen and oxygen atoms in total. The van der Waals surface area contributed by atoms with Gasteiger partial charge in [-0.2, -0.15) is 0 Å². The van der Waals surface area contributed by atoms with Crippen LogP contribution in [0, 0.1) is 22.0 Å². The zero-order valence-electron chi connectivity index (χ0n) is 14.5. The summed E-state index contributed by atoms with van der Waals surface area (Å²) in [5.74, 6) is 0.0221. The molecule has 1 aromatic rings. The summed E-state index contributed by atoms with van der Waals surface area (Å²) < 4.78 is 5.60. The van der Waals surface area contributed by atoms with Gasteiger partial charge in [0, 0.05) is 5.92 Å². The molecule has 24 heavy (non-hydrogen) atoms. The molecule has 1 aliphatic carbocycles. The molecule has 1 unspecified atom stereocenters. The molecule has 0 aliphatic heterocycles. The van der Waals surface area contributed by atoms with E-state index in [0.29, 0.717) is 12.1 Å². The van der Waals surface area contributed by atoms with Gasteiger partial charge in [-0.15, -0.1) is 0 Å². The van der Waals surface area contributed by atoms with E-state index in [1.165, 1.54) is 5.56 Å². The van der Waals surface area contributed by atoms with Crippen molar-refractivity contribution in [3.8, 4) is 0 Å². The Morgan fingerprint density at radius 2 is 1.96 bits per heavy atom. The summed E-state index contributed by atoms with van der Waals surface area (Å²) in [4.78, 5) is 21.6. The van der Waals surface area contributed by atoms with Crippen molar-refractivity contribution in [1.82, 2.24) is 0 Å². The molecule has 1 fully saturated rings. The molecule has 1 saturated carbocycles. The molecular weight excluding hydrogens is 306 g/mol. The molecule has 0 saturated heterocycles. The highest BCUT2D eigenvalue weighted by Crippen LogP contribution is 2.43. The average molecular weight is 331 g/mol. The lowest BCUT2D eigenvalue weighted by atomic mass is 9.64. The Kier molecular flexibility index (Phi) is 5.75. The lowest BCUT2D eigenvalue weighted by Gasteiger charge is -2.43. The molecule has 0 heterocycles. The quantitative estimate of drug-likeness (QED) is 0.352. The van der Waals surface area contributed by atoms with Crippen LogP contribution in [-0.4, -0.2) is 17.0 Å². The molecule has 0 radical (unpaired) electrons. The predicted molar refractivity (Wildman–Crippen MR) is 92.0 cm³/mol. The molecule has 130 valence electrons. The van der Waals surface area contributed by atoms with E-state index in [1.54, 1.807) is 0 Å². The topological polar surface area (TPSA) is 69.4 Å². The van der Waals surface area contributed by atoms with Gasteiger partial charge in [0.25, 0.3) is 0 Å². The van der Waals surface area contributed by atoms with Gasteiger partial charge in [0.1, 0.15) is 6.10 Å². The Morgan fingerprint density at radius 1 is 1.29 bits per heavy atom. The molecule has 0 aromatic heterocycles. The van der Waals surface area contributed by atoms with Gasteiger partial charge in [-0.05, 0) is 29.7 Å². The Hall–Kier alpha value is -2.17. The summed E-state index contributed by atoms with van der Waals surface area (Å²) in [7, 11) is 0. The first kappa shape index (κ1) is 18.2. The SMILES string of the molecule is CC1CC[C@@H](C(C)(C)c2ccccc2)[C@H](OC(=O)/C=C/[N+](=O)[O-])C1. The maximum Gasteiger partial charge on any atom is 0.337 e. The van der Waals surface area contributed by atoms with E-state index in [1.807, 2.05) is 18.2 Å². The average Bonchev–Trinajstić information content (AvgIpc) is 2.53. The van der Waals surface area contributed by atoms with Crippen LogP contribution in [0.5, 0.6) is 0 Å². The van der Waals surface area contributed by atoms with Crippen LogP contribution in [0.3, 0.4) is 0 Å². The monoisotopic (exact) mass is 331 g/mol. The van der Waals surface area contributed by atoms with Crippen LogP contribution in [0.15, 0.2) is 42.6 Å². The Balaban J connectivity index is 2.19. The summed E-state index contributed by atoms with van der Waals surface area (Å²) in [6.45, 7) is 6.51. The zero-order chi connectivity index (χ0) is 17.7. The third kappa shape index (κ3) is 4.43. The number of ether oxygens (including phenoxy) is 1. The summed E-state index contributed by atoms with van der Waals surface area (Å²) in [6, 6.07) is 10.2. The second kappa shape index (κ2) is 7.60. The van der Waals surface area contributed by atoms with E-state index in [-0.39, 0.29) is 17.4 Å².